The van der Waals surface area contributed by atoms with Gasteiger partial charge in [-0.05, 0) is 30.0 Å². The lowest BCUT2D eigenvalue weighted by Crippen LogP contribution is -2.53. The predicted octanol–water partition coefficient (Wildman–Crippen LogP) is 0.511. The Labute approximate surface area is 137 Å². The van der Waals surface area contributed by atoms with Crippen LogP contribution in [0, 0.1) is 0 Å². The number of amides is 3. The number of nitrogens with one attached hydrogen (secondary N) is 1. The monoisotopic (exact) mass is 323 g/mol. The molecule has 8 heteroatoms. The summed E-state index contributed by atoms with van der Waals surface area (Å²) < 4.78 is 4.98. The van der Waals surface area contributed by atoms with Crippen molar-refractivity contribution in [1.82, 2.24) is 5.32 Å². The second-order valence-electron chi connectivity index (χ2n) is 5.71. The van der Waals surface area contributed by atoms with Crippen LogP contribution in [-0.2, 0) is 9.59 Å². The second-order valence-corrected chi connectivity index (χ2v) is 5.71. The van der Waals surface area contributed by atoms with Crippen molar-refractivity contribution in [2.24, 2.45) is 0 Å². The van der Waals surface area contributed by atoms with Crippen LogP contribution in [0.4, 0.5) is 5.69 Å². The van der Waals surface area contributed by atoms with Crippen LogP contribution >= 0.6 is 0 Å². The van der Waals surface area contributed by atoms with Crippen molar-refractivity contribution in [3.05, 3.63) is 35.9 Å². The fraction of sp³-hybridized carbons (Fsp3) is 0.188. The van der Waals surface area contributed by atoms with E-state index in [4.69, 9.17) is 9.68 Å². The second kappa shape index (κ2) is 5.35. The third-order valence-electron chi connectivity index (χ3n) is 4.35. The van der Waals surface area contributed by atoms with Crippen LogP contribution in [-0.4, -0.2) is 36.5 Å². The van der Waals surface area contributed by atoms with E-state index in [-0.39, 0.29) is 24.7 Å². The van der Waals surface area contributed by atoms with Gasteiger partial charge in [0.25, 0.3) is 5.91 Å². The highest BCUT2D eigenvalue weighted by atomic mass is 16.5. The number of hydrogen-bond donors (Lipinski definition) is 2. The third kappa shape index (κ3) is 2.07. The van der Waals surface area contributed by atoms with Crippen LogP contribution in [0.1, 0.15) is 23.2 Å². The van der Waals surface area contributed by atoms with Crippen LogP contribution in [0.3, 0.4) is 0 Å². The molecule has 3 amide bonds. The fourth-order valence-electron chi connectivity index (χ4n) is 3.36. The lowest BCUT2D eigenvalue weighted by Gasteiger charge is -2.30. The Hall–Kier alpha value is -2.87. The number of carbonyl (C=O) groups excluding carboxylic acids is 3. The molecule has 0 aromatic heterocycles. The lowest BCUT2D eigenvalue weighted by molar-refractivity contribution is -0.134. The number of benzene rings is 2. The maximum atomic E-state index is 12.9. The summed E-state index contributed by atoms with van der Waals surface area (Å²) in [5.74, 6) is -0.785. The molecule has 119 valence electrons. The molecule has 1 saturated heterocycles. The van der Waals surface area contributed by atoms with E-state index in [0.29, 0.717) is 24.7 Å². The molecule has 7 nitrogen and oxygen atoms in total. The largest absolute Gasteiger partial charge is 0.569 e. The number of anilines is 1. The number of carbonyl (C=O) groups is 3. The van der Waals surface area contributed by atoms with Crippen LogP contribution in [0.15, 0.2) is 30.3 Å². The van der Waals surface area contributed by atoms with Gasteiger partial charge in [0.2, 0.25) is 11.8 Å². The summed E-state index contributed by atoms with van der Waals surface area (Å²) in [4.78, 5) is 37.9. The summed E-state index contributed by atoms with van der Waals surface area (Å²) in [7, 11) is 0.551. The molecule has 0 aliphatic carbocycles. The van der Waals surface area contributed by atoms with Crippen molar-refractivity contribution in [1.29, 1.82) is 0 Å². The van der Waals surface area contributed by atoms with Gasteiger partial charge in [0, 0.05) is 11.8 Å². The molecule has 2 aromatic rings. The average molecular weight is 323 g/mol. The normalized spacial score (nSPS) is 19.6. The number of piperidine rings is 1. The maximum Gasteiger partial charge on any atom is 0.569 e. The first-order valence-corrected chi connectivity index (χ1v) is 7.47. The SMILES string of the molecule is O=C1CCC(N2C(=O)c3cc(O[B]O)cc4cccc2c34)C(=O)N1. The number of imide groups is 1. The summed E-state index contributed by atoms with van der Waals surface area (Å²) in [5, 5.41) is 12.6. The number of hydrogen-bond acceptors (Lipinski definition) is 5. The van der Waals surface area contributed by atoms with Crippen LogP contribution < -0.4 is 14.9 Å². The van der Waals surface area contributed by atoms with E-state index in [0.717, 1.165) is 10.8 Å². The van der Waals surface area contributed by atoms with Crippen molar-refractivity contribution in [2.75, 3.05) is 4.90 Å². The van der Waals surface area contributed by atoms with Gasteiger partial charge in [-0.1, -0.05) is 12.1 Å². The molecule has 4 rings (SSSR count). The van der Waals surface area contributed by atoms with E-state index >= 15 is 0 Å². The van der Waals surface area contributed by atoms with Gasteiger partial charge in [-0.25, -0.2) is 0 Å². The molecule has 0 saturated carbocycles. The van der Waals surface area contributed by atoms with E-state index in [9.17, 15) is 14.4 Å². The smallest absolute Gasteiger partial charge is 0.537 e. The molecule has 2 aromatic carbocycles. The molecule has 0 bridgehead atoms. The van der Waals surface area contributed by atoms with Gasteiger partial charge >= 0.3 is 7.69 Å². The van der Waals surface area contributed by atoms with Gasteiger partial charge in [-0.3, -0.25) is 24.6 Å². The Kier molecular flexibility index (Phi) is 3.28. The molecule has 2 aliphatic rings. The Morgan fingerprint density at radius 1 is 1.25 bits per heavy atom. The van der Waals surface area contributed by atoms with Crippen molar-refractivity contribution >= 4 is 41.9 Å². The maximum absolute atomic E-state index is 12.9. The van der Waals surface area contributed by atoms with Gasteiger partial charge < -0.3 is 9.68 Å². The Balaban J connectivity index is 1.83. The standard InChI is InChI=1S/C16H12BN2O5/c20-13-5-4-12(15(21)18-13)19-11-3-1-2-8-6-9(24-17-23)7-10(14(8)11)16(19)22/h1-3,6-7,12,23H,4-5H2,(H,18,20,21). The molecular formula is C16H12BN2O5. The molecule has 1 radical (unpaired) electrons. The number of nitrogens with zero attached hydrogens (tertiary/aromatic N) is 1. The Morgan fingerprint density at radius 3 is 2.83 bits per heavy atom. The van der Waals surface area contributed by atoms with E-state index < -0.39 is 11.9 Å². The van der Waals surface area contributed by atoms with E-state index in [1.165, 1.54) is 11.0 Å². The first kappa shape index (κ1) is 14.7. The minimum atomic E-state index is -0.720. The van der Waals surface area contributed by atoms with Crippen molar-refractivity contribution < 1.29 is 24.1 Å². The molecule has 2 heterocycles. The summed E-state index contributed by atoms with van der Waals surface area (Å²) in [6, 6.07) is 7.91. The quantitative estimate of drug-likeness (QED) is 0.634. The van der Waals surface area contributed by atoms with Gasteiger partial charge in [0.1, 0.15) is 11.8 Å². The molecule has 2 aliphatic heterocycles. The van der Waals surface area contributed by atoms with Crippen molar-refractivity contribution in [3.8, 4) is 5.75 Å². The molecule has 24 heavy (non-hydrogen) atoms. The molecule has 2 N–H and O–H groups in total. The Morgan fingerprint density at radius 2 is 2.08 bits per heavy atom. The summed E-state index contributed by atoms with van der Waals surface area (Å²) >= 11 is 0. The van der Waals surface area contributed by atoms with E-state index in [2.05, 4.69) is 5.32 Å². The fourth-order valence-corrected chi connectivity index (χ4v) is 3.36. The summed E-state index contributed by atoms with van der Waals surface area (Å²) in [6.45, 7) is 0. The summed E-state index contributed by atoms with van der Waals surface area (Å²) in [5.41, 5.74) is 1.05. The zero-order chi connectivity index (χ0) is 16.8. The molecule has 1 atom stereocenters. The molecule has 0 spiro atoms. The Bertz CT molecular complexity index is 897. The summed E-state index contributed by atoms with van der Waals surface area (Å²) in [6.07, 6.45) is 0.481. The zero-order valence-corrected chi connectivity index (χ0v) is 12.5. The molecule has 1 fully saturated rings. The van der Waals surface area contributed by atoms with Crippen molar-refractivity contribution in [2.45, 2.75) is 18.9 Å². The molecular weight excluding hydrogens is 311 g/mol. The highest BCUT2D eigenvalue weighted by Gasteiger charge is 2.40. The zero-order valence-electron chi connectivity index (χ0n) is 12.5. The van der Waals surface area contributed by atoms with Gasteiger partial charge in [-0.2, -0.15) is 0 Å². The third-order valence-corrected chi connectivity index (χ3v) is 4.35. The van der Waals surface area contributed by atoms with Gasteiger partial charge in [-0.15, -0.1) is 0 Å². The average Bonchev–Trinajstić information content (AvgIpc) is 2.83. The van der Waals surface area contributed by atoms with E-state index in [1.54, 1.807) is 18.2 Å². The lowest BCUT2D eigenvalue weighted by atomic mass is 10.0. The highest BCUT2D eigenvalue weighted by molar-refractivity contribution is 6.27. The van der Waals surface area contributed by atoms with Crippen LogP contribution in [0.2, 0.25) is 0 Å². The van der Waals surface area contributed by atoms with Crippen molar-refractivity contribution in [3.63, 3.8) is 0 Å². The van der Waals surface area contributed by atoms with Crippen LogP contribution in [0.25, 0.3) is 10.8 Å². The number of rotatable bonds is 3. The first-order chi connectivity index (χ1) is 11.6. The van der Waals surface area contributed by atoms with E-state index in [1.807, 2.05) is 6.07 Å². The van der Waals surface area contributed by atoms with Gasteiger partial charge in [0.15, 0.2) is 0 Å². The minimum absolute atomic E-state index is 0.195. The minimum Gasteiger partial charge on any atom is -0.537 e. The van der Waals surface area contributed by atoms with Crippen LogP contribution in [0.5, 0.6) is 5.75 Å². The topological polar surface area (TPSA) is 95.9 Å². The molecule has 1 unspecified atom stereocenters. The predicted molar refractivity (Wildman–Crippen MR) is 85.5 cm³/mol. The highest BCUT2D eigenvalue weighted by Crippen LogP contribution is 2.41. The first-order valence-electron chi connectivity index (χ1n) is 7.47. The van der Waals surface area contributed by atoms with Gasteiger partial charge in [0.05, 0.1) is 11.3 Å².